The van der Waals surface area contributed by atoms with Crippen molar-refractivity contribution in [2.75, 3.05) is 26.2 Å². The maximum atomic E-state index is 12.4. The molecule has 0 spiro atoms. The van der Waals surface area contributed by atoms with Crippen LogP contribution in [0.3, 0.4) is 0 Å². The van der Waals surface area contributed by atoms with Gasteiger partial charge in [-0.1, -0.05) is 34.4 Å². The Balaban J connectivity index is 1.50. The summed E-state index contributed by atoms with van der Waals surface area (Å²) in [5.41, 5.74) is 1.77. The second-order valence-corrected chi connectivity index (χ2v) is 6.83. The van der Waals surface area contributed by atoms with Gasteiger partial charge in [-0.05, 0) is 24.6 Å². The zero-order chi connectivity index (χ0) is 17.1. The van der Waals surface area contributed by atoms with Crippen LogP contribution in [0.2, 0.25) is 10.0 Å². The highest BCUT2D eigenvalue weighted by Gasteiger charge is 2.22. The molecule has 24 heavy (non-hydrogen) atoms. The highest BCUT2D eigenvalue weighted by Crippen LogP contribution is 2.23. The third-order valence-corrected chi connectivity index (χ3v) is 4.86. The zero-order valence-corrected chi connectivity index (χ0v) is 15.0. The van der Waals surface area contributed by atoms with Crippen LogP contribution >= 0.6 is 23.2 Å². The molecule has 0 aliphatic carbocycles. The Morgan fingerprint density at radius 2 is 1.92 bits per heavy atom. The van der Waals surface area contributed by atoms with Gasteiger partial charge in [-0.15, -0.1) is 0 Å². The summed E-state index contributed by atoms with van der Waals surface area (Å²) < 4.78 is 5.25. The van der Waals surface area contributed by atoms with E-state index in [4.69, 9.17) is 27.7 Å². The summed E-state index contributed by atoms with van der Waals surface area (Å²) in [5, 5.41) is 4.88. The molecule has 0 radical (unpaired) electrons. The molecule has 1 aromatic carbocycles. The molecule has 7 heteroatoms. The van der Waals surface area contributed by atoms with Crippen LogP contribution in [0.4, 0.5) is 0 Å². The SMILES string of the molecule is Cc1cc(CN2CCN(C(=O)Cc3ccc(Cl)c(Cl)c3)CC2)on1. The number of aryl methyl sites for hydroxylation is 1. The van der Waals surface area contributed by atoms with E-state index < -0.39 is 0 Å². The first-order chi connectivity index (χ1) is 11.5. The van der Waals surface area contributed by atoms with Gasteiger partial charge in [0.1, 0.15) is 0 Å². The first kappa shape index (κ1) is 17.3. The Bertz CT molecular complexity index is 724. The van der Waals surface area contributed by atoms with Crippen molar-refractivity contribution < 1.29 is 9.32 Å². The van der Waals surface area contributed by atoms with Crippen LogP contribution in [0.25, 0.3) is 0 Å². The standard InChI is InChI=1S/C17H19Cl2N3O2/c1-12-8-14(24-20-12)11-21-4-6-22(7-5-21)17(23)10-13-2-3-15(18)16(19)9-13/h2-3,8-9H,4-7,10-11H2,1H3. The summed E-state index contributed by atoms with van der Waals surface area (Å²) in [6.07, 6.45) is 0.345. The molecule has 1 aliphatic rings. The third kappa shape index (κ3) is 4.29. The lowest BCUT2D eigenvalue weighted by Crippen LogP contribution is -2.48. The monoisotopic (exact) mass is 367 g/mol. The van der Waals surface area contributed by atoms with Gasteiger partial charge in [0.25, 0.3) is 0 Å². The second-order valence-electron chi connectivity index (χ2n) is 6.02. The van der Waals surface area contributed by atoms with Crippen molar-refractivity contribution in [2.45, 2.75) is 19.9 Å². The number of carbonyl (C=O) groups excluding carboxylic acids is 1. The van der Waals surface area contributed by atoms with Gasteiger partial charge in [0.05, 0.1) is 28.7 Å². The van der Waals surface area contributed by atoms with Crippen molar-refractivity contribution in [2.24, 2.45) is 0 Å². The molecule has 1 saturated heterocycles. The number of hydrogen-bond donors (Lipinski definition) is 0. The van der Waals surface area contributed by atoms with E-state index >= 15 is 0 Å². The van der Waals surface area contributed by atoms with Crippen LogP contribution in [0.15, 0.2) is 28.8 Å². The molecule has 1 amide bonds. The number of piperazine rings is 1. The molecule has 1 aromatic heterocycles. The van der Waals surface area contributed by atoms with E-state index in [-0.39, 0.29) is 5.91 Å². The predicted octanol–water partition coefficient (Wildman–Crippen LogP) is 3.18. The van der Waals surface area contributed by atoms with E-state index in [1.54, 1.807) is 12.1 Å². The van der Waals surface area contributed by atoms with Crippen LogP contribution in [0, 0.1) is 6.92 Å². The van der Waals surface area contributed by atoms with Crippen LogP contribution in [0.5, 0.6) is 0 Å². The molecule has 2 heterocycles. The fraction of sp³-hybridized carbons (Fsp3) is 0.412. The number of nitrogens with zero attached hydrogens (tertiary/aromatic N) is 3. The second kappa shape index (κ2) is 7.55. The molecule has 2 aromatic rings. The highest BCUT2D eigenvalue weighted by molar-refractivity contribution is 6.42. The summed E-state index contributed by atoms with van der Waals surface area (Å²) in [7, 11) is 0. The summed E-state index contributed by atoms with van der Waals surface area (Å²) in [6, 6.07) is 7.27. The van der Waals surface area contributed by atoms with E-state index in [2.05, 4.69) is 10.1 Å². The van der Waals surface area contributed by atoms with Gasteiger partial charge in [-0.25, -0.2) is 0 Å². The first-order valence-electron chi connectivity index (χ1n) is 7.87. The van der Waals surface area contributed by atoms with Crippen molar-refractivity contribution in [3.8, 4) is 0 Å². The van der Waals surface area contributed by atoms with Crippen molar-refractivity contribution in [1.82, 2.24) is 15.0 Å². The van der Waals surface area contributed by atoms with Gasteiger partial charge in [0.2, 0.25) is 5.91 Å². The van der Waals surface area contributed by atoms with Gasteiger partial charge < -0.3 is 9.42 Å². The van der Waals surface area contributed by atoms with Crippen molar-refractivity contribution in [3.05, 3.63) is 51.3 Å². The summed E-state index contributed by atoms with van der Waals surface area (Å²) in [6.45, 7) is 5.72. The Morgan fingerprint density at radius 1 is 1.17 bits per heavy atom. The van der Waals surface area contributed by atoms with Crippen molar-refractivity contribution >= 4 is 29.1 Å². The molecular weight excluding hydrogens is 349 g/mol. The van der Waals surface area contributed by atoms with Crippen molar-refractivity contribution in [1.29, 1.82) is 0 Å². The smallest absolute Gasteiger partial charge is 0.227 e. The lowest BCUT2D eigenvalue weighted by molar-refractivity contribution is -0.132. The minimum absolute atomic E-state index is 0.114. The number of hydrogen-bond acceptors (Lipinski definition) is 4. The molecule has 0 bridgehead atoms. The highest BCUT2D eigenvalue weighted by atomic mass is 35.5. The molecule has 0 unspecified atom stereocenters. The lowest BCUT2D eigenvalue weighted by atomic mass is 10.1. The Labute approximate surface area is 151 Å². The summed E-state index contributed by atoms with van der Waals surface area (Å²) in [4.78, 5) is 16.6. The normalized spacial score (nSPS) is 15.7. The molecule has 0 saturated carbocycles. The fourth-order valence-corrected chi connectivity index (χ4v) is 3.12. The Kier molecular flexibility index (Phi) is 5.43. The predicted molar refractivity (Wildman–Crippen MR) is 93.3 cm³/mol. The number of rotatable bonds is 4. The maximum Gasteiger partial charge on any atom is 0.227 e. The largest absolute Gasteiger partial charge is 0.360 e. The minimum Gasteiger partial charge on any atom is -0.360 e. The first-order valence-corrected chi connectivity index (χ1v) is 8.63. The third-order valence-electron chi connectivity index (χ3n) is 4.12. The van der Waals surface area contributed by atoms with E-state index in [1.165, 1.54) is 0 Å². The van der Waals surface area contributed by atoms with E-state index in [0.29, 0.717) is 29.6 Å². The van der Waals surface area contributed by atoms with Crippen LogP contribution < -0.4 is 0 Å². The molecule has 1 aliphatic heterocycles. The maximum absolute atomic E-state index is 12.4. The van der Waals surface area contributed by atoms with Gasteiger partial charge >= 0.3 is 0 Å². The average molecular weight is 368 g/mol. The van der Waals surface area contributed by atoms with E-state index in [1.807, 2.05) is 24.0 Å². The van der Waals surface area contributed by atoms with E-state index in [0.717, 1.165) is 36.7 Å². The van der Waals surface area contributed by atoms with Crippen LogP contribution in [-0.2, 0) is 17.8 Å². The van der Waals surface area contributed by atoms with Gasteiger partial charge in [0.15, 0.2) is 5.76 Å². The topological polar surface area (TPSA) is 49.6 Å². The molecular formula is C17H19Cl2N3O2. The fourth-order valence-electron chi connectivity index (χ4n) is 2.80. The number of benzene rings is 1. The Hall–Kier alpha value is -1.56. The summed E-state index contributed by atoms with van der Waals surface area (Å²) in [5.74, 6) is 0.978. The van der Waals surface area contributed by atoms with Gasteiger partial charge in [-0.3, -0.25) is 9.69 Å². The van der Waals surface area contributed by atoms with Gasteiger partial charge in [-0.2, -0.15) is 0 Å². The number of halogens is 2. The molecule has 128 valence electrons. The van der Waals surface area contributed by atoms with Crippen LogP contribution in [0.1, 0.15) is 17.0 Å². The average Bonchev–Trinajstić information content (AvgIpc) is 2.96. The molecule has 1 fully saturated rings. The summed E-state index contributed by atoms with van der Waals surface area (Å²) >= 11 is 11.9. The number of amides is 1. The van der Waals surface area contributed by atoms with E-state index in [9.17, 15) is 4.79 Å². The zero-order valence-electron chi connectivity index (χ0n) is 13.5. The van der Waals surface area contributed by atoms with Gasteiger partial charge in [0, 0.05) is 32.2 Å². The molecule has 0 atom stereocenters. The minimum atomic E-state index is 0.114. The quantitative estimate of drug-likeness (QED) is 0.832. The molecule has 5 nitrogen and oxygen atoms in total. The number of carbonyl (C=O) groups is 1. The number of aromatic nitrogens is 1. The molecule has 0 N–H and O–H groups in total. The van der Waals surface area contributed by atoms with Crippen LogP contribution in [-0.4, -0.2) is 47.0 Å². The lowest BCUT2D eigenvalue weighted by Gasteiger charge is -2.34. The van der Waals surface area contributed by atoms with Crippen molar-refractivity contribution in [3.63, 3.8) is 0 Å². The molecule has 3 rings (SSSR count). The Morgan fingerprint density at radius 3 is 2.54 bits per heavy atom.